The van der Waals surface area contributed by atoms with Crippen LogP contribution in [-0.2, 0) is 4.74 Å². The number of nitrogens with one attached hydrogen (secondary N) is 2. The Bertz CT molecular complexity index is 1040. The second-order valence-corrected chi connectivity index (χ2v) is 9.26. The van der Waals surface area contributed by atoms with Crippen LogP contribution in [-0.4, -0.2) is 49.8 Å². The van der Waals surface area contributed by atoms with Crippen LogP contribution in [0.3, 0.4) is 0 Å². The molecule has 170 valence electrons. The molecule has 0 spiro atoms. The first-order valence-corrected chi connectivity index (χ1v) is 11.6. The van der Waals surface area contributed by atoms with E-state index >= 15 is 0 Å². The highest BCUT2D eigenvalue weighted by Gasteiger charge is 2.30. The highest BCUT2D eigenvalue weighted by atomic mass is 16.5. The largest absolute Gasteiger partial charge is 0.381 e. The van der Waals surface area contributed by atoms with Crippen molar-refractivity contribution in [2.75, 3.05) is 30.4 Å². The fourth-order valence-electron chi connectivity index (χ4n) is 4.79. The van der Waals surface area contributed by atoms with Crippen LogP contribution in [0, 0.1) is 5.92 Å². The number of pyridine rings is 1. The number of imidazole rings is 1. The maximum Gasteiger partial charge on any atom is 0.225 e. The number of ether oxygens (including phenoxy) is 1. The van der Waals surface area contributed by atoms with Gasteiger partial charge in [0.05, 0.1) is 6.20 Å². The minimum atomic E-state index is -0.0645. The molecule has 0 atom stereocenters. The van der Waals surface area contributed by atoms with Crippen molar-refractivity contribution in [3.05, 3.63) is 30.6 Å². The molecule has 0 radical (unpaired) electrons. The highest BCUT2D eigenvalue weighted by Crippen LogP contribution is 2.36. The second-order valence-electron chi connectivity index (χ2n) is 9.26. The number of anilines is 3. The molecule has 4 N–H and O–H groups in total. The van der Waals surface area contributed by atoms with Gasteiger partial charge >= 0.3 is 0 Å². The van der Waals surface area contributed by atoms with Crippen LogP contribution in [0.5, 0.6) is 0 Å². The second kappa shape index (κ2) is 8.99. The Hall–Kier alpha value is -2.78. The van der Waals surface area contributed by atoms with E-state index in [-0.39, 0.29) is 5.54 Å². The third kappa shape index (κ3) is 4.40. The van der Waals surface area contributed by atoms with Crippen LogP contribution in [0.2, 0.25) is 0 Å². The standard InChI is InChI=1S/C23H32N8O/c1-23(9-12-32-13-10-23)30-21-26-15-18-20(29-21)31(17-7-5-16(14-24)6-8-17)22(27-18)28-19-4-2-3-11-25-19/h2-4,11,15-17H,5-10,12-14,24H2,1H3,(H,25,27,28)(H,26,29,30). The summed E-state index contributed by atoms with van der Waals surface area (Å²) in [7, 11) is 0. The maximum absolute atomic E-state index is 5.93. The van der Waals surface area contributed by atoms with E-state index in [1.165, 1.54) is 0 Å². The Morgan fingerprint density at radius 1 is 1.12 bits per heavy atom. The average molecular weight is 437 g/mol. The van der Waals surface area contributed by atoms with E-state index in [9.17, 15) is 0 Å². The van der Waals surface area contributed by atoms with Gasteiger partial charge in [-0.15, -0.1) is 0 Å². The van der Waals surface area contributed by atoms with Gasteiger partial charge in [0.2, 0.25) is 11.9 Å². The van der Waals surface area contributed by atoms with E-state index in [1.54, 1.807) is 6.20 Å². The maximum atomic E-state index is 5.93. The van der Waals surface area contributed by atoms with Gasteiger partial charge in [-0.2, -0.15) is 4.98 Å². The molecule has 32 heavy (non-hydrogen) atoms. The van der Waals surface area contributed by atoms with E-state index in [4.69, 9.17) is 20.4 Å². The molecule has 1 aliphatic carbocycles. The van der Waals surface area contributed by atoms with E-state index in [1.807, 2.05) is 24.4 Å². The molecule has 2 fully saturated rings. The highest BCUT2D eigenvalue weighted by molar-refractivity contribution is 5.76. The number of hydrogen-bond donors (Lipinski definition) is 3. The van der Waals surface area contributed by atoms with Gasteiger partial charge in [0.15, 0.2) is 5.65 Å². The minimum Gasteiger partial charge on any atom is -0.381 e. The van der Waals surface area contributed by atoms with Crippen molar-refractivity contribution < 1.29 is 4.74 Å². The Morgan fingerprint density at radius 2 is 1.94 bits per heavy atom. The van der Waals surface area contributed by atoms with Crippen molar-refractivity contribution in [1.82, 2.24) is 24.5 Å². The summed E-state index contributed by atoms with van der Waals surface area (Å²) >= 11 is 0. The lowest BCUT2D eigenvalue weighted by Crippen LogP contribution is -2.41. The zero-order chi connectivity index (χ0) is 22.0. The summed E-state index contributed by atoms with van der Waals surface area (Å²) in [4.78, 5) is 18.8. The number of rotatable bonds is 6. The number of nitrogens with two attached hydrogens (primary N) is 1. The summed E-state index contributed by atoms with van der Waals surface area (Å²) in [5.41, 5.74) is 7.51. The number of nitrogens with zero attached hydrogens (tertiary/aromatic N) is 5. The molecule has 5 rings (SSSR count). The molecule has 1 saturated carbocycles. The van der Waals surface area contributed by atoms with Crippen LogP contribution in [0.4, 0.5) is 17.7 Å². The fraction of sp³-hybridized carbons (Fsp3) is 0.565. The molecular formula is C23H32N8O. The summed E-state index contributed by atoms with van der Waals surface area (Å²) in [5.74, 6) is 2.77. The van der Waals surface area contributed by atoms with Gasteiger partial charge in [-0.1, -0.05) is 6.07 Å². The molecule has 9 heteroatoms. The predicted molar refractivity (Wildman–Crippen MR) is 125 cm³/mol. The van der Waals surface area contributed by atoms with Crippen LogP contribution in [0.25, 0.3) is 11.2 Å². The van der Waals surface area contributed by atoms with Crippen molar-refractivity contribution in [1.29, 1.82) is 0 Å². The zero-order valence-corrected chi connectivity index (χ0v) is 18.6. The lowest BCUT2D eigenvalue weighted by Gasteiger charge is -2.34. The molecule has 9 nitrogen and oxygen atoms in total. The zero-order valence-electron chi connectivity index (χ0n) is 18.6. The van der Waals surface area contributed by atoms with Crippen molar-refractivity contribution >= 4 is 28.9 Å². The van der Waals surface area contributed by atoms with Gasteiger partial charge in [-0.25, -0.2) is 15.0 Å². The summed E-state index contributed by atoms with van der Waals surface area (Å²) in [6.45, 7) is 4.48. The summed E-state index contributed by atoms with van der Waals surface area (Å²) in [6, 6.07) is 6.13. The summed E-state index contributed by atoms with van der Waals surface area (Å²) in [6.07, 6.45) is 9.83. The van der Waals surface area contributed by atoms with Crippen LogP contribution in [0.1, 0.15) is 51.5 Å². The monoisotopic (exact) mass is 436 g/mol. The quantitative estimate of drug-likeness (QED) is 0.536. The predicted octanol–water partition coefficient (Wildman–Crippen LogP) is 3.64. The molecule has 1 saturated heterocycles. The Morgan fingerprint density at radius 3 is 2.66 bits per heavy atom. The number of hydrogen-bond acceptors (Lipinski definition) is 8. The molecule has 0 aromatic carbocycles. The molecule has 0 bridgehead atoms. The van der Waals surface area contributed by atoms with Crippen molar-refractivity contribution in [3.63, 3.8) is 0 Å². The van der Waals surface area contributed by atoms with Gasteiger partial charge in [-0.3, -0.25) is 4.57 Å². The Labute approximate surface area is 188 Å². The fourth-order valence-corrected chi connectivity index (χ4v) is 4.79. The molecule has 3 aromatic rings. The van der Waals surface area contributed by atoms with Crippen molar-refractivity contribution in [2.24, 2.45) is 11.7 Å². The number of fused-ring (bicyclic) bond motifs is 1. The van der Waals surface area contributed by atoms with Gasteiger partial charge in [0, 0.05) is 31.0 Å². The van der Waals surface area contributed by atoms with E-state index in [0.29, 0.717) is 17.9 Å². The normalized spacial score (nSPS) is 23.2. The van der Waals surface area contributed by atoms with Crippen LogP contribution >= 0.6 is 0 Å². The molecule has 0 unspecified atom stereocenters. The first-order valence-electron chi connectivity index (χ1n) is 11.6. The third-order valence-corrected chi connectivity index (χ3v) is 6.86. The smallest absolute Gasteiger partial charge is 0.225 e. The van der Waals surface area contributed by atoms with Crippen molar-refractivity contribution in [3.8, 4) is 0 Å². The van der Waals surface area contributed by atoms with Gasteiger partial charge in [-0.05, 0) is 70.0 Å². The molecule has 4 heterocycles. The topological polar surface area (TPSA) is 116 Å². The molecular weight excluding hydrogens is 404 g/mol. The first-order chi connectivity index (χ1) is 15.6. The van der Waals surface area contributed by atoms with E-state index < -0.39 is 0 Å². The van der Waals surface area contributed by atoms with Crippen molar-refractivity contribution in [2.45, 2.75) is 57.0 Å². The van der Waals surface area contributed by atoms with Crippen LogP contribution < -0.4 is 16.4 Å². The average Bonchev–Trinajstić information content (AvgIpc) is 3.17. The lowest BCUT2D eigenvalue weighted by molar-refractivity contribution is 0.0656. The summed E-state index contributed by atoms with van der Waals surface area (Å²) in [5, 5.41) is 6.97. The van der Waals surface area contributed by atoms with Gasteiger partial charge in [0.25, 0.3) is 0 Å². The lowest BCUT2D eigenvalue weighted by atomic mass is 9.86. The summed E-state index contributed by atoms with van der Waals surface area (Å²) < 4.78 is 7.78. The Balaban J connectivity index is 1.50. The molecule has 1 aliphatic heterocycles. The Kier molecular flexibility index (Phi) is 5.93. The number of aromatic nitrogens is 5. The first kappa shape index (κ1) is 21.1. The minimum absolute atomic E-state index is 0.0645. The van der Waals surface area contributed by atoms with E-state index in [0.717, 1.165) is 81.2 Å². The molecule has 3 aromatic heterocycles. The van der Waals surface area contributed by atoms with Gasteiger partial charge in [0.1, 0.15) is 11.3 Å². The molecule has 2 aliphatic rings. The third-order valence-electron chi connectivity index (χ3n) is 6.86. The molecule has 0 amide bonds. The van der Waals surface area contributed by atoms with E-state index in [2.05, 4.69) is 32.1 Å². The SMILES string of the molecule is CC1(Nc2ncc3nc(Nc4ccccn4)n(C4CCC(CN)CC4)c3n2)CCOCC1. The van der Waals surface area contributed by atoms with Crippen LogP contribution in [0.15, 0.2) is 30.6 Å². The van der Waals surface area contributed by atoms with Gasteiger partial charge < -0.3 is 21.1 Å².